The molecule has 0 saturated heterocycles. The molecule has 0 aliphatic heterocycles. The maximum atomic E-state index is 12.2. The summed E-state index contributed by atoms with van der Waals surface area (Å²) in [6.45, 7) is 0. The van der Waals surface area contributed by atoms with Gasteiger partial charge in [-0.2, -0.15) is 0 Å². The number of halogens is 1. The van der Waals surface area contributed by atoms with Gasteiger partial charge in [-0.05, 0) is 48.5 Å². The Kier molecular flexibility index (Phi) is 5.46. The molecule has 1 aromatic heterocycles. The van der Waals surface area contributed by atoms with Gasteiger partial charge in [0.2, 0.25) is 0 Å². The quantitative estimate of drug-likeness (QED) is 0.629. The Labute approximate surface area is 155 Å². The summed E-state index contributed by atoms with van der Waals surface area (Å²) in [5, 5.41) is 8.54. The van der Waals surface area contributed by atoms with Gasteiger partial charge in [0.05, 0.1) is 10.6 Å². The number of rotatable bonds is 4. The van der Waals surface area contributed by atoms with Crippen molar-refractivity contribution in [1.29, 1.82) is 0 Å². The molecule has 0 saturated carbocycles. The predicted octanol–water partition coefficient (Wildman–Crippen LogP) is 4.63. The van der Waals surface area contributed by atoms with Crippen molar-refractivity contribution >= 4 is 40.6 Å². The summed E-state index contributed by atoms with van der Waals surface area (Å²) in [4.78, 5) is 28.0. The maximum absolute atomic E-state index is 12.2. The summed E-state index contributed by atoms with van der Waals surface area (Å²) in [6.07, 6.45) is 3.18. The molecule has 3 amide bonds. The van der Waals surface area contributed by atoms with Crippen LogP contribution in [0, 0.1) is 0 Å². The van der Waals surface area contributed by atoms with E-state index in [0.717, 1.165) is 0 Å². The molecule has 130 valence electrons. The van der Waals surface area contributed by atoms with Gasteiger partial charge in [-0.1, -0.05) is 23.7 Å². The summed E-state index contributed by atoms with van der Waals surface area (Å²) >= 11 is 6.02. The van der Waals surface area contributed by atoms with Crippen molar-refractivity contribution in [2.45, 2.75) is 0 Å². The lowest BCUT2D eigenvalue weighted by Gasteiger charge is -2.09. The van der Waals surface area contributed by atoms with E-state index in [-0.39, 0.29) is 11.9 Å². The number of anilines is 3. The molecular weight excluding hydrogens is 352 g/mol. The fourth-order valence-corrected chi connectivity index (χ4v) is 2.43. The van der Waals surface area contributed by atoms with Gasteiger partial charge in [-0.3, -0.25) is 9.78 Å². The number of carbonyl (C=O) groups excluding carboxylic acids is 2. The third kappa shape index (κ3) is 4.58. The molecule has 1 heterocycles. The minimum atomic E-state index is -0.371. The van der Waals surface area contributed by atoms with Gasteiger partial charge in [0.1, 0.15) is 0 Å². The average Bonchev–Trinajstić information content (AvgIpc) is 2.64. The number of amides is 3. The lowest BCUT2D eigenvalue weighted by atomic mass is 10.2. The molecule has 0 unspecified atom stereocenters. The van der Waals surface area contributed by atoms with Crippen LogP contribution in [0.4, 0.5) is 21.9 Å². The van der Waals surface area contributed by atoms with E-state index in [2.05, 4.69) is 20.9 Å². The molecule has 3 aromatic rings. The Balaban J connectivity index is 1.59. The first-order chi connectivity index (χ1) is 12.6. The van der Waals surface area contributed by atoms with Crippen molar-refractivity contribution in [3.8, 4) is 0 Å². The molecule has 0 bridgehead atoms. The number of benzene rings is 2. The average molecular weight is 367 g/mol. The lowest BCUT2D eigenvalue weighted by molar-refractivity contribution is 0.102. The molecule has 0 radical (unpaired) electrons. The summed E-state index contributed by atoms with van der Waals surface area (Å²) in [5.41, 5.74) is 2.22. The third-order valence-electron chi connectivity index (χ3n) is 3.46. The second kappa shape index (κ2) is 8.13. The van der Waals surface area contributed by atoms with Crippen LogP contribution in [0.2, 0.25) is 5.02 Å². The molecule has 0 aliphatic rings. The van der Waals surface area contributed by atoms with Crippen LogP contribution in [0.3, 0.4) is 0 Å². The van der Waals surface area contributed by atoms with E-state index in [1.54, 1.807) is 73.1 Å². The molecule has 7 heteroatoms. The van der Waals surface area contributed by atoms with Gasteiger partial charge in [0, 0.05) is 29.5 Å². The second-order valence-electron chi connectivity index (χ2n) is 5.33. The van der Waals surface area contributed by atoms with Crippen LogP contribution < -0.4 is 16.0 Å². The normalized spacial score (nSPS) is 10.0. The molecular formula is C19H15ClN4O2. The van der Waals surface area contributed by atoms with E-state index in [0.29, 0.717) is 27.6 Å². The Hall–Kier alpha value is -3.38. The van der Waals surface area contributed by atoms with Crippen LogP contribution in [-0.2, 0) is 0 Å². The standard InChI is InChI=1S/C19H15ClN4O2/c20-17-4-2-1-3-16(17)18(25)22-13-5-7-14(8-6-13)23-19(26)24-15-9-11-21-12-10-15/h1-12H,(H,22,25)(H2,21,23,24,26). The van der Waals surface area contributed by atoms with Crippen molar-refractivity contribution in [1.82, 2.24) is 4.98 Å². The fourth-order valence-electron chi connectivity index (χ4n) is 2.21. The van der Waals surface area contributed by atoms with E-state index < -0.39 is 0 Å². The van der Waals surface area contributed by atoms with Crippen LogP contribution in [0.5, 0.6) is 0 Å². The first-order valence-electron chi connectivity index (χ1n) is 7.76. The Bertz CT molecular complexity index is 914. The number of carbonyl (C=O) groups is 2. The van der Waals surface area contributed by atoms with Crippen LogP contribution in [0.15, 0.2) is 73.1 Å². The van der Waals surface area contributed by atoms with Crippen molar-refractivity contribution in [3.05, 3.63) is 83.6 Å². The fraction of sp³-hybridized carbons (Fsp3) is 0. The SMILES string of the molecule is O=C(Nc1ccncc1)Nc1ccc(NC(=O)c2ccccc2Cl)cc1. The highest BCUT2D eigenvalue weighted by atomic mass is 35.5. The highest BCUT2D eigenvalue weighted by molar-refractivity contribution is 6.34. The second-order valence-corrected chi connectivity index (χ2v) is 5.73. The van der Waals surface area contributed by atoms with Crippen molar-refractivity contribution in [2.24, 2.45) is 0 Å². The zero-order valence-electron chi connectivity index (χ0n) is 13.6. The number of hydrogen-bond donors (Lipinski definition) is 3. The molecule has 0 fully saturated rings. The third-order valence-corrected chi connectivity index (χ3v) is 3.79. The zero-order chi connectivity index (χ0) is 18.4. The molecule has 3 N–H and O–H groups in total. The molecule has 0 spiro atoms. The molecule has 3 rings (SSSR count). The van der Waals surface area contributed by atoms with Gasteiger partial charge >= 0.3 is 6.03 Å². The molecule has 26 heavy (non-hydrogen) atoms. The largest absolute Gasteiger partial charge is 0.323 e. The summed E-state index contributed by atoms with van der Waals surface area (Å²) in [6, 6.07) is 16.6. The summed E-state index contributed by atoms with van der Waals surface area (Å²) in [7, 11) is 0. The van der Waals surface area contributed by atoms with E-state index >= 15 is 0 Å². The van der Waals surface area contributed by atoms with E-state index in [4.69, 9.17) is 11.6 Å². The van der Waals surface area contributed by atoms with Gasteiger partial charge in [-0.15, -0.1) is 0 Å². The number of urea groups is 1. The van der Waals surface area contributed by atoms with Crippen LogP contribution in [-0.4, -0.2) is 16.9 Å². The van der Waals surface area contributed by atoms with E-state index in [1.165, 1.54) is 0 Å². The Morgan fingerprint density at radius 3 is 1.88 bits per heavy atom. The first-order valence-corrected chi connectivity index (χ1v) is 8.13. The minimum Gasteiger partial charge on any atom is -0.322 e. The minimum absolute atomic E-state index is 0.299. The Morgan fingerprint density at radius 2 is 1.27 bits per heavy atom. The van der Waals surface area contributed by atoms with Gasteiger partial charge < -0.3 is 16.0 Å². The van der Waals surface area contributed by atoms with Gasteiger partial charge in [0.25, 0.3) is 5.91 Å². The van der Waals surface area contributed by atoms with Crippen molar-refractivity contribution < 1.29 is 9.59 Å². The topological polar surface area (TPSA) is 83.1 Å². The van der Waals surface area contributed by atoms with Crippen molar-refractivity contribution in [2.75, 3.05) is 16.0 Å². The first kappa shape index (κ1) is 17.4. The van der Waals surface area contributed by atoms with Crippen LogP contribution in [0.1, 0.15) is 10.4 Å². The molecule has 0 atom stereocenters. The highest BCUT2D eigenvalue weighted by Gasteiger charge is 2.10. The predicted molar refractivity (Wildman–Crippen MR) is 103 cm³/mol. The number of nitrogens with zero attached hydrogens (tertiary/aromatic N) is 1. The summed E-state index contributed by atoms with van der Waals surface area (Å²) < 4.78 is 0. The lowest BCUT2D eigenvalue weighted by Crippen LogP contribution is -2.19. The zero-order valence-corrected chi connectivity index (χ0v) is 14.3. The summed E-state index contributed by atoms with van der Waals surface area (Å²) in [5.74, 6) is -0.299. The number of aromatic nitrogens is 1. The molecule has 0 aliphatic carbocycles. The smallest absolute Gasteiger partial charge is 0.322 e. The maximum Gasteiger partial charge on any atom is 0.323 e. The number of nitrogens with one attached hydrogen (secondary N) is 3. The van der Waals surface area contributed by atoms with E-state index in [9.17, 15) is 9.59 Å². The number of pyridine rings is 1. The molecule has 2 aromatic carbocycles. The van der Waals surface area contributed by atoms with Crippen molar-refractivity contribution in [3.63, 3.8) is 0 Å². The van der Waals surface area contributed by atoms with Gasteiger partial charge in [-0.25, -0.2) is 4.79 Å². The number of hydrogen-bond acceptors (Lipinski definition) is 3. The monoisotopic (exact) mass is 366 g/mol. The van der Waals surface area contributed by atoms with Crippen LogP contribution >= 0.6 is 11.6 Å². The highest BCUT2D eigenvalue weighted by Crippen LogP contribution is 2.19. The van der Waals surface area contributed by atoms with E-state index in [1.807, 2.05) is 0 Å². The van der Waals surface area contributed by atoms with Crippen LogP contribution in [0.25, 0.3) is 0 Å². The Morgan fingerprint density at radius 1 is 0.731 bits per heavy atom. The van der Waals surface area contributed by atoms with Gasteiger partial charge in [0.15, 0.2) is 0 Å². The molecule has 6 nitrogen and oxygen atoms in total.